The predicted octanol–water partition coefficient (Wildman–Crippen LogP) is 2.80. The van der Waals surface area contributed by atoms with Gasteiger partial charge in [-0.1, -0.05) is 24.3 Å². The second-order valence-electron chi connectivity index (χ2n) is 8.49. The van der Waals surface area contributed by atoms with E-state index in [2.05, 4.69) is 4.99 Å². The fourth-order valence-corrected chi connectivity index (χ4v) is 5.36. The molecule has 0 unspecified atom stereocenters. The third kappa shape index (κ3) is 6.02. The monoisotopic (exact) mass is 487 g/mol. The molecule has 2 aromatic carbocycles. The van der Waals surface area contributed by atoms with E-state index in [1.807, 2.05) is 24.3 Å². The Balaban J connectivity index is 1.47. The van der Waals surface area contributed by atoms with Gasteiger partial charge in [0.15, 0.2) is 0 Å². The molecule has 0 aromatic heterocycles. The zero-order valence-corrected chi connectivity index (χ0v) is 21.3. The van der Waals surface area contributed by atoms with Crippen molar-refractivity contribution < 1.29 is 22.7 Å². The summed E-state index contributed by atoms with van der Waals surface area (Å²) in [5.41, 5.74) is 4.53. The molecule has 34 heavy (non-hydrogen) atoms. The maximum atomic E-state index is 13.0. The summed E-state index contributed by atoms with van der Waals surface area (Å²) in [7, 11) is 1.08. The summed E-state index contributed by atoms with van der Waals surface area (Å²) in [6.45, 7) is 5.00. The highest BCUT2D eigenvalue weighted by atomic mass is 32.2. The fraction of sp³-hybridized carbons (Fsp3) is 0.440. The van der Waals surface area contributed by atoms with Gasteiger partial charge in [0.1, 0.15) is 12.4 Å². The van der Waals surface area contributed by atoms with Gasteiger partial charge in [-0.05, 0) is 48.2 Å². The van der Waals surface area contributed by atoms with Crippen molar-refractivity contribution in [2.75, 3.05) is 47.5 Å². The first-order valence-electron chi connectivity index (χ1n) is 11.2. The highest BCUT2D eigenvalue weighted by Crippen LogP contribution is 2.27. The smallest absolute Gasteiger partial charge is 0.248 e. The van der Waals surface area contributed by atoms with Crippen LogP contribution in [0.4, 0.5) is 0 Å². The number of carbonyl (C=O) groups is 1. The summed E-state index contributed by atoms with van der Waals surface area (Å²) in [4.78, 5) is 18.6. The van der Waals surface area contributed by atoms with Gasteiger partial charge in [0.2, 0.25) is 15.9 Å². The molecule has 184 valence electrons. The molecule has 0 bridgehead atoms. The third-order valence-corrected chi connectivity index (χ3v) is 8.06. The van der Waals surface area contributed by atoms with Crippen molar-refractivity contribution in [2.24, 2.45) is 4.99 Å². The Kier molecular flexibility index (Phi) is 8.46. The fourth-order valence-electron chi connectivity index (χ4n) is 3.80. The van der Waals surface area contributed by atoms with Crippen molar-refractivity contribution in [1.82, 2.24) is 9.21 Å². The van der Waals surface area contributed by atoms with E-state index in [1.54, 1.807) is 45.0 Å². The number of aliphatic imine (C=N–C) groups is 1. The van der Waals surface area contributed by atoms with Crippen LogP contribution in [0.1, 0.15) is 28.7 Å². The standard InChI is InChI=1S/C25H33N3O5S/c1-18-14-22(32-5)15-19(2)25(18)34(30,31)28(4)12-13-33-17-24(29)27(3)16-20-6-8-21(9-7-20)23-10-11-26-23/h6-9,14-15H,10-13,16-17H2,1-5H3. The molecule has 0 saturated heterocycles. The van der Waals surface area contributed by atoms with Crippen LogP contribution < -0.4 is 4.74 Å². The van der Waals surface area contributed by atoms with Gasteiger partial charge in [0.05, 0.1) is 18.6 Å². The molecule has 1 heterocycles. The molecule has 0 spiro atoms. The third-order valence-electron chi connectivity index (χ3n) is 5.90. The molecule has 0 atom stereocenters. The van der Waals surface area contributed by atoms with Crippen LogP contribution in [0.5, 0.6) is 5.75 Å². The normalized spacial score (nSPS) is 13.4. The van der Waals surface area contributed by atoms with Crippen LogP contribution in [0, 0.1) is 13.8 Å². The number of hydrogen-bond acceptors (Lipinski definition) is 6. The molecule has 9 heteroatoms. The quantitative estimate of drug-likeness (QED) is 0.455. The van der Waals surface area contributed by atoms with Crippen molar-refractivity contribution in [1.29, 1.82) is 0 Å². The minimum absolute atomic E-state index is 0.111. The number of carbonyl (C=O) groups excluding carboxylic acids is 1. The summed E-state index contributed by atoms with van der Waals surface area (Å²) in [5.74, 6) is 0.450. The van der Waals surface area contributed by atoms with Crippen LogP contribution in [-0.2, 0) is 26.1 Å². The minimum Gasteiger partial charge on any atom is -0.497 e. The lowest BCUT2D eigenvalue weighted by atomic mass is 10.0. The van der Waals surface area contributed by atoms with Crippen molar-refractivity contribution in [2.45, 2.75) is 31.7 Å². The average Bonchev–Trinajstić information content (AvgIpc) is 2.75. The summed E-state index contributed by atoms with van der Waals surface area (Å²) in [5, 5.41) is 0. The zero-order valence-electron chi connectivity index (χ0n) is 20.5. The number of benzene rings is 2. The van der Waals surface area contributed by atoms with E-state index in [0.29, 0.717) is 23.4 Å². The van der Waals surface area contributed by atoms with Crippen molar-refractivity contribution in [3.63, 3.8) is 0 Å². The van der Waals surface area contributed by atoms with Gasteiger partial charge in [-0.15, -0.1) is 0 Å². The number of methoxy groups -OCH3 is 1. The average molecular weight is 488 g/mol. The van der Waals surface area contributed by atoms with E-state index >= 15 is 0 Å². The first kappa shape index (κ1) is 25.9. The van der Waals surface area contributed by atoms with Gasteiger partial charge in [-0.25, -0.2) is 8.42 Å². The van der Waals surface area contributed by atoms with Crippen LogP contribution in [0.15, 0.2) is 46.3 Å². The Hall–Kier alpha value is -2.75. The highest BCUT2D eigenvalue weighted by Gasteiger charge is 2.25. The first-order valence-corrected chi connectivity index (χ1v) is 12.6. The zero-order chi connectivity index (χ0) is 24.9. The Morgan fingerprint density at radius 2 is 1.71 bits per heavy atom. The van der Waals surface area contributed by atoms with Gasteiger partial charge in [-0.3, -0.25) is 9.79 Å². The van der Waals surface area contributed by atoms with Crippen LogP contribution >= 0.6 is 0 Å². The second-order valence-corrected chi connectivity index (χ2v) is 10.5. The van der Waals surface area contributed by atoms with Crippen LogP contribution in [0.3, 0.4) is 0 Å². The molecule has 0 radical (unpaired) electrons. The number of hydrogen-bond donors (Lipinski definition) is 0. The largest absolute Gasteiger partial charge is 0.497 e. The number of nitrogens with zero attached hydrogens (tertiary/aromatic N) is 3. The summed E-state index contributed by atoms with van der Waals surface area (Å²) in [6.07, 6.45) is 1.02. The number of aryl methyl sites for hydroxylation is 2. The van der Waals surface area contributed by atoms with E-state index in [1.165, 1.54) is 11.4 Å². The number of rotatable bonds is 11. The Bertz CT molecular complexity index is 1140. The van der Waals surface area contributed by atoms with Crippen molar-refractivity contribution in [3.05, 3.63) is 58.7 Å². The van der Waals surface area contributed by atoms with E-state index in [4.69, 9.17) is 9.47 Å². The number of sulfonamides is 1. The molecule has 0 aliphatic carbocycles. The molecule has 1 aliphatic heterocycles. The van der Waals surface area contributed by atoms with E-state index in [9.17, 15) is 13.2 Å². The van der Waals surface area contributed by atoms with Gasteiger partial charge in [0.25, 0.3) is 0 Å². The molecular weight excluding hydrogens is 454 g/mol. The molecule has 0 fully saturated rings. The predicted molar refractivity (Wildman–Crippen MR) is 132 cm³/mol. The van der Waals surface area contributed by atoms with Crippen LogP contribution in [0.2, 0.25) is 0 Å². The molecule has 0 N–H and O–H groups in total. The maximum Gasteiger partial charge on any atom is 0.248 e. The number of likely N-dealkylation sites (N-methyl/N-ethyl adjacent to an activating group) is 2. The highest BCUT2D eigenvalue weighted by molar-refractivity contribution is 7.89. The summed E-state index contributed by atoms with van der Waals surface area (Å²) in [6, 6.07) is 11.5. The van der Waals surface area contributed by atoms with Crippen LogP contribution in [0.25, 0.3) is 0 Å². The van der Waals surface area contributed by atoms with E-state index in [-0.39, 0.29) is 30.6 Å². The minimum atomic E-state index is -3.70. The van der Waals surface area contributed by atoms with Gasteiger partial charge < -0.3 is 14.4 Å². The molecule has 8 nitrogen and oxygen atoms in total. The number of ether oxygens (including phenoxy) is 2. The molecular formula is C25H33N3O5S. The Morgan fingerprint density at radius 1 is 1.09 bits per heavy atom. The van der Waals surface area contributed by atoms with Gasteiger partial charge >= 0.3 is 0 Å². The lowest BCUT2D eigenvalue weighted by Crippen LogP contribution is -2.33. The second kappa shape index (κ2) is 11.1. The van der Waals surface area contributed by atoms with E-state index < -0.39 is 10.0 Å². The van der Waals surface area contributed by atoms with Crippen LogP contribution in [-0.4, -0.2) is 76.8 Å². The Morgan fingerprint density at radius 3 is 2.24 bits per heavy atom. The van der Waals surface area contributed by atoms with Gasteiger partial charge in [-0.2, -0.15) is 4.31 Å². The first-order chi connectivity index (χ1) is 16.1. The number of amides is 1. The molecule has 1 aliphatic rings. The van der Waals surface area contributed by atoms with E-state index in [0.717, 1.165) is 29.8 Å². The summed E-state index contributed by atoms with van der Waals surface area (Å²) >= 11 is 0. The molecule has 2 aromatic rings. The SMILES string of the molecule is COc1cc(C)c(S(=O)(=O)N(C)CCOCC(=O)N(C)Cc2ccc(C3=NCC3)cc2)c(C)c1. The lowest BCUT2D eigenvalue weighted by Gasteiger charge is -2.21. The van der Waals surface area contributed by atoms with Crippen molar-refractivity contribution >= 4 is 21.6 Å². The maximum absolute atomic E-state index is 13.0. The molecule has 3 rings (SSSR count). The molecule has 0 saturated carbocycles. The molecule has 1 amide bonds. The lowest BCUT2D eigenvalue weighted by molar-refractivity contribution is -0.135. The topological polar surface area (TPSA) is 88.5 Å². The van der Waals surface area contributed by atoms with Crippen molar-refractivity contribution in [3.8, 4) is 5.75 Å². The Labute approximate surface area is 202 Å². The van der Waals surface area contributed by atoms with Gasteiger partial charge in [0, 0.05) is 45.9 Å². The summed E-state index contributed by atoms with van der Waals surface area (Å²) < 4.78 is 38.1.